The van der Waals surface area contributed by atoms with Crippen LogP contribution >= 0.6 is 24.2 Å². The summed E-state index contributed by atoms with van der Waals surface area (Å²) in [6, 6.07) is 16.9. The Labute approximate surface area is 184 Å². The molecule has 30 heavy (non-hydrogen) atoms. The fourth-order valence-corrected chi connectivity index (χ4v) is 4.00. The first-order valence-electron chi connectivity index (χ1n) is 8.77. The molecular formula is C20H18ClN3O4S2. The number of rotatable bonds is 6. The number of nitrogens with two attached hydrogens (primary N) is 1. The van der Waals surface area contributed by atoms with Crippen LogP contribution in [0.2, 0.25) is 5.02 Å². The SMILES string of the molecule is NS(=O)(=O)c1ccc(NC(=O)CCN(C(=O)S)c2cccc3ccccc23)c(Cl)c1. The zero-order valence-corrected chi connectivity index (χ0v) is 18.0. The monoisotopic (exact) mass is 463 g/mol. The maximum atomic E-state index is 12.4. The highest BCUT2D eigenvalue weighted by Gasteiger charge is 2.17. The molecule has 0 saturated heterocycles. The molecule has 10 heteroatoms. The lowest BCUT2D eigenvalue weighted by atomic mass is 10.1. The Morgan fingerprint density at radius 2 is 1.77 bits per heavy atom. The molecule has 0 aliphatic rings. The number of amides is 2. The second-order valence-corrected chi connectivity index (χ2v) is 8.77. The average molecular weight is 464 g/mol. The minimum absolute atomic E-state index is 0.0250. The first kappa shape index (κ1) is 22.1. The van der Waals surface area contributed by atoms with E-state index in [1.807, 2.05) is 36.4 Å². The minimum atomic E-state index is -3.90. The molecule has 2 amide bonds. The van der Waals surface area contributed by atoms with Gasteiger partial charge in [-0.1, -0.05) is 60.6 Å². The van der Waals surface area contributed by atoms with Gasteiger partial charge < -0.3 is 10.2 Å². The summed E-state index contributed by atoms with van der Waals surface area (Å²) in [6.07, 6.45) is -0.0250. The molecule has 0 spiro atoms. The van der Waals surface area contributed by atoms with E-state index in [2.05, 4.69) is 17.9 Å². The number of benzene rings is 3. The van der Waals surface area contributed by atoms with Crippen LogP contribution in [0.4, 0.5) is 16.2 Å². The van der Waals surface area contributed by atoms with Gasteiger partial charge in [-0.15, -0.1) is 0 Å². The van der Waals surface area contributed by atoms with E-state index >= 15 is 0 Å². The smallest absolute Gasteiger partial charge is 0.283 e. The molecular weight excluding hydrogens is 446 g/mol. The van der Waals surface area contributed by atoms with Gasteiger partial charge in [0.25, 0.3) is 5.24 Å². The lowest BCUT2D eigenvalue weighted by Crippen LogP contribution is -2.30. The van der Waals surface area contributed by atoms with Crippen LogP contribution in [0, 0.1) is 0 Å². The van der Waals surface area contributed by atoms with Crippen LogP contribution in [0.5, 0.6) is 0 Å². The predicted octanol–water partition coefficient (Wildman–Crippen LogP) is 4.03. The minimum Gasteiger partial charge on any atom is -0.325 e. The highest BCUT2D eigenvalue weighted by Crippen LogP contribution is 2.28. The van der Waals surface area contributed by atoms with Crippen LogP contribution < -0.4 is 15.4 Å². The van der Waals surface area contributed by atoms with Crippen LogP contribution in [0.25, 0.3) is 10.8 Å². The Hall–Kier alpha value is -2.59. The Balaban J connectivity index is 1.74. The summed E-state index contributed by atoms with van der Waals surface area (Å²) >= 11 is 9.99. The number of nitrogens with one attached hydrogen (secondary N) is 1. The molecule has 0 radical (unpaired) electrons. The topological polar surface area (TPSA) is 110 Å². The van der Waals surface area contributed by atoms with Crippen molar-refractivity contribution in [1.29, 1.82) is 0 Å². The number of hydrogen-bond acceptors (Lipinski definition) is 4. The standard InChI is InChI=1S/C20H18ClN3O4S2/c21-16-12-14(30(22,27)28)8-9-17(16)23-19(25)10-11-24(20(26)29)18-7-3-5-13-4-1-2-6-15(13)18/h1-9,12H,10-11H2,(H,23,25)(H,26,29)(H2,22,27,28). The van der Waals surface area contributed by atoms with Crippen molar-refractivity contribution in [1.82, 2.24) is 0 Å². The van der Waals surface area contributed by atoms with E-state index in [1.165, 1.54) is 17.0 Å². The fraction of sp³-hybridized carbons (Fsp3) is 0.100. The maximum absolute atomic E-state index is 12.4. The lowest BCUT2D eigenvalue weighted by molar-refractivity contribution is -0.116. The van der Waals surface area contributed by atoms with Crippen LogP contribution in [-0.4, -0.2) is 26.1 Å². The van der Waals surface area contributed by atoms with Crippen molar-refractivity contribution in [2.45, 2.75) is 11.3 Å². The third-order valence-corrected chi connectivity index (χ3v) is 5.86. The number of thiol groups is 1. The van der Waals surface area contributed by atoms with Crippen LogP contribution in [0.15, 0.2) is 65.6 Å². The molecule has 0 bridgehead atoms. The molecule has 0 fully saturated rings. The summed E-state index contributed by atoms with van der Waals surface area (Å²) in [5, 5.41) is 9.03. The van der Waals surface area contributed by atoms with Gasteiger partial charge in [0.1, 0.15) is 0 Å². The molecule has 0 aliphatic heterocycles. The number of carbonyl (C=O) groups is 2. The second-order valence-electron chi connectivity index (χ2n) is 6.42. The number of nitrogens with zero attached hydrogens (tertiary/aromatic N) is 1. The van der Waals surface area contributed by atoms with Crippen molar-refractivity contribution in [3.05, 3.63) is 65.7 Å². The number of halogens is 1. The molecule has 3 aromatic carbocycles. The number of anilines is 2. The van der Waals surface area contributed by atoms with Crippen LogP contribution in [0.3, 0.4) is 0 Å². The van der Waals surface area contributed by atoms with Crippen molar-refractivity contribution >= 4 is 67.5 Å². The molecule has 0 aromatic heterocycles. The van der Waals surface area contributed by atoms with Gasteiger partial charge in [0.15, 0.2) is 0 Å². The van der Waals surface area contributed by atoms with E-state index in [0.717, 1.165) is 16.8 Å². The zero-order valence-electron chi connectivity index (χ0n) is 15.6. The van der Waals surface area contributed by atoms with Crippen molar-refractivity contribution in [3.8, 4) is 0 Å². The highest BCUT2D eigenvalue weighted by molar-refractivity contribution is 7.96. The van der Waals surface area contributed by atoms with Gasteiger partial charge in [-0.2, -0.15) is 0 Å². The van der Waals surface area contributed by atoms with E-state index in [-0.39, 0.29) is 28.6 Å². The van der Waals surface area contributed by atoms with Gasteiger partial charge in [-0.05, 0) is 29.7 Å². The number of sulfonamides is 1. The van der Waals surface area contributed by atoms with Crippen LogP contribution in [0.1, 0.15) is 6.42 Å². The molecule has 3 rings (SSSR count). The molecule has 0 atom stereocenters. The van der Waals surface area contributed by atoms with E-state index in [0.29, 0.717) is 5.69 Å². The normalized spacial score (nSPS) is 11.3. The Morgan fingerprint density at radius 3 is 2.43 bits per heavy atom. The summed E-state index contributed by atoms with van der Waals surface area (Å²) in [7, 11) is -3.90. The zero-order chi connectivity index (χ0) is 21.9. The molecule has 3 aromatic rings. The van der Waals surface area contributed by atoms with Gasteiger partial charge >= 0.3 is 0 Å². The summed E-state index contributed by atoms with van der Waals surface area (Å²) in [5.41, 5.74) is 0.888. The molecule has 0 unspecified atom stereocenters. The molecule has 0 heterocycles. The van der Waals surface area contributed by atoms with Gasteiger partial charge in [0.2, 0.25) is 15.9 Å². The Morgan fingerprint density at radius 1 is 1.07 bits per heavy atom. The number of fused-ring (bicyclic) bond motifs is 1. The highest BCUT2D eigenvalue weighted by atomic mass is 35.5. The van der Waals surface area contributed by atoms with E-state index < -0.39 is 21.2 Å². The Kier molecular flexibility index (Phi) is 6.67. The maximum Gasteiger partial charge on any atom is 0.283 e. The Bertz CT molecular complexity index is 1230. The van der Waals surface area contributed by atoms with Crippen molar-refractivity contribution in [2.24, 2.45) is 5.14 Å². The third kappa shape index (κ3) is 5.11. The quantitative estimate of drug-likeness (QED) is 0.479. The summed E-state index contributed by atoms with van der Waals surface area (Å²) in [5.74, 6) is -0.403. The van der Waals surface area contributed by atoms with E-state index in [9.17, 15) is 18.0 Å². The summed E-state index contributed by atoms with van der Waals surface area (Å²) < 4.78 is 22.7. The van der Waals surface area contributed by atoms with Gasteiger partial charge in [0, 0.05) is 18.4 Å². The number of primary sulfonamides is 1. The molecule has 3 N–H and O–H groups in total. The van der Waals surface area contributed by atoms with Gasteiger partial charge in [-0.3, -0.25) is 9.59 Å². The second kappa shape index (κ2) is 9.05. The van der Waals surface area contributed by atoms with Gasteiger partial charge in [0.05, 0.1) is 21.3 Å². The predicted molar refractivity (Wildman–Crippen MR) is 122 cm³/mol. The average Bonchev–Trinajstić information content (AvgIpc) is 2.68. The summed E-state index contributed by atoms with van der Waals surface area (Å²) in [6.45, 7) is 0.0923. The van der Waals surface area contributed by atoms with Gasteiger partial charge in [-0.25, -0.2) is 13.6 Å². The third-order valence-electron chi connectivity index (χ3n) is 4.39. The molecule has 0 aliphatic carbocycles. The first-order chi connectivity index (χ1) is 14.2. The van der Waals surface area contributed by atoms with Crippen molar-refractivity contribution in [2.75, 3.05) is 16.8 Å². The molecule has 156 valence electrons. The van der Waals surface area contributed by atoms with Crippen molar-refractivity contribution < 1.29 is 18.0 Å². The first-order valence-corrected chi connectivity index (χ1v) is 11.1. The summed E-state index contributed by atoms with van der Waals surface area (Å²) in [4.78, 5) is 25.8. The molecule has 0 saturated carbocycles. The fourth-order valence-electron chi connectivity index (χ4n) is 2.96. The molecule has 7 nitrogen and oxygen atoms in total. The largest absolute Gasteiger partial charge is 0.325 e. The van der Waals surface area contributed by atoms with E-state index in [1.54, 1.807) is 6.07 Å². The van der Waals surface area contributed by atoms with Crippen LogP contribution in [-0.2, 0) is 14.8 Å². The van der Waals surface area contributed by atoms with Crippen molar-refractivity contribution in [3.63, 3.8) is 0 Å². The number of carbonyl (C=O) groups excluding carboxylic acids is 2. The van der Waals surface area contributed by atoms with E-state index in [4.69, 9.17) is 16.7 Å². The lowest BCUT2D eigenvalue weighted by Gasteiger charge is -2.22. The number of hydrogen-bond donors (Lipinski definition) is 3.